The quantitative estimate of drug-likeness (QED) is 0.759. The van der Waals surface area contributed by atoms with Gasteiger partial charge in [0.05, 0.1) is 37.9 Å². The van der Waals surface area contributed by atoms with E-state index in [4.69, 9.17) is 15.6 Å². The van der Waals surface area contributed by atoms with Gasteiger partial charge in [0.2, 0.25) is 0 Å². The molecule has 0 aromatic carbocycles. The lowest BCUT2D eigenvalue weighted by atomic mass is 10.2. The van der Waals surface area contributed by atoms with E-state index >= 15 is 0 Å². The van der Waals surface area contributed by atoms with Crippen LogP contribution >= 0.6 is 0 Å². The van der Waals surface area contributed by atoms with Crippen molar-refractivity contribution in [2.75, 3.05) is 39.5 Å². The number of nitrogens with zero attached hydrogens (tertiary/aromatic N) is 3. The highest BCUT2D eigenvalue weighted by Crippen LogP contribution is 2.16. The molecular weight excluding hydrogens is 232 g/mol. The third-order valence-electron chi connectivity index (χ3n) is 3.37. The molecule has 0 bridgehead atoms. The summed E-state index contributed by atoms with van der Waals surface area (Å²) in [5.74, 6) is 0. The summed E-state index contributed by atoms with van der Waals surface area (Å²) in [4.78, 5) is 6.51. The maximum absolute atomic E-state index is 9.14. The van der Waals surface area contributed by atoms with E-state index < -0.39 is 0 Å². The molecule has 2 rings (SSSR count). The van der Waals surface area contributed by atoms with Crippen molar-refractivity contribution >= 4 is 0 Å². The van der Waals surface area contributed by atoms with Crippen LogP contribution in [0.4, 0.5) is 0 Å². The number of hydrogen-bond donors (Lipinski definition) is 2. The number of morpholine rings is 1. The van der Waals surface area contributed by atoms with Gasteiger partial charge in [0, 0.05) is 31.9 Å². The van der Waals surface area contributed by atoms with Crippen LogP contribution < -0.4 is 5.73 Å². The average Bonchev–Trinajstić information content (AvgIpc) is 2.88. The monoisotopic (exact) mass is 254 g/mol. The Kier molecular flexibility index (Phi) is 4.71. The summed E-state index contributed by atoms with van der Waals surface area (Å²) in [5, 5.41) is 9.14. The van der Waals surface area contributed by atoms with Gasteiger partial charge in [0.15, 0.2) is 0 Å². The molecule has 1 saturated heterocycles. The number of rotatable bonds is 5. The Morgan fingerprint density at radius 1 is 1.50 bits per heavy atom. The zero-order valence-corrected chi connectivity index (χ0v) is 10.8. The second-order valence-electron chi connectivity index (χ2n) is 4.78. The normalized spacial score (nSPS) is 20.8. The van der Waals surface area contributed by atoms with Crippen LogP contribution in [0.25, 0.3) is 0 Å². The molecule has 3 N–H and O–H groups in total. The molecule has 18 heavy (non-hydrogen) atoms. The third-order valence-corrected chi connectivity index (χ3v) is 3.37. The minimum atomic E-state index is -0.361. The maximum Gasteiger partial charge on any atom is 0.0951 e. The van der Waals surface area contributed by atoms with E-state index in [1.165, 1.54) is 0 Å². The fourth-order valence-corrected chi connectivity index (χ4v) is 2.31. The van der Waals surface area contributed by atoms with Crippen LogP contribution in [0.2, 0.25) is 0 Å². The number of ether oxygens (including phenoxy) is 1. The van der Waals surface area contributed by atoms with E-state index in [-0.39, 0.29) is 18.7 Å². The molecule has 1 aliphatic rings. The maximum atomic E-state index is 9.14. The largest absolute Gasteiger partial charge is 0.394 e. The van der Waals surface area contributed by atoms with E-state index in [1.807, 2.05) is 0 Å². The molecule has 2 heterocycles. The van der Waals surface area contributed by atoms with Crippen LogP contribution in [0.3, 0.4) is 0 Å². The first-order chi connectivity index (χ1) is 8.72. The summed E-state index contributed by atoms with van der Waals surface area (Å²) < 4.78 is 7.39. The number of aliphatic hydroxyl groups is 1. The molecule has 1 aromatic rings. The molecule has 0 spiro atoms. The van der Waals surface area contributed by atoms with Crippen molar-refractivity contribution in [3.05, 3.63) is 18.2 Å². The molecule has 6 nitrogen and oxygen atoms in total. The summed E-state index contributed by atoms with van der Waals surface area (Å²) in [5.41, 5.74) is 6.75. The predicted octanol–water partition coefficient (Wildman–Crippen LogP) is -0.232. The summed E-state index contributed by atoms with van der Waals surface area (Å²) in [6.07, 6.45) is 3.52. The SMILES string of the molecule is CC(CN1CCOCC1)n1cncc1C(N)CO. The molecule has 1 aliphatic heterocycles. The Hall–Kier alpha value is -0.950. The molecule has 102 valence electrons. The number of imidazole rings is 1. The highest BCUT2D eigenvalue weighted by molar-refractivity contribution is 5.06. The fourth-order valence-electron chi connectivity index (χ4n) is 2.31. The van der Waals surface area contributed by atoms with Crippen molar-refractivity contribution in [3.8, 4) is 0 Å². The van der Waals surface area contributed by atoms with Crippen LogP contribution in [-0.2, 0) is 4.74 Å². The number of hydrogen-bond acceptors (Lipinski definition) is 5. The molecule has 0 amide bonds. The van der Waals surface area contributed by atoms with Gasteiger partial charge in [-0.05, 0) is 6.92 Å². The summed E-state index contributed by atoms with van der Waals surface area (Å²) in [6, 6.07) is -0.0714. The molecule has 0 aliphatic carbocycles. The van der Waals surface area contributed by atoms with E-state index in [9.17, 15) is 0 Å². The Morgan fingerprint density at radius 3 is 2.89 bits per heavy atom. The van der Waals surface area contributed by atoms with Gasteiger partial charge in [-0.3, -0.25) is 4.90 Å². The highest BCUT2D eigenvalue weighted by Gasteiger charge is 2.18. The van der Waals surface area contributed by atoms with Crippen LogP contribution in [0, 0.1) is 0 Å². The minimum Gasteiger partial charge on any atom is -0.394 e. The number of nitrogens with two attached hydrogens (primary N) is 1. The summed E-state index contributed by atoms with van der Waals surface area (Å²) in [7, 11) is 0. The van der Waals surface area contributed by atoms with E-state index in [1.54, 1.807) is 12.5 Å². The Morgan fingerprint density at radius 2 is 2.22 bits per heavy atom. The first-order valence-electron chi connectivity index (χ1n) is 6.40. The van der Waals surface area contributed by atoms with Crippen molar-refractivity contribution < 1.29 is 9.84 Å². The standard InChI is InChI=1S/C12H22N4O2/c1-10(7-15-2-4-18-5-3-15)16-9-14-6-12(16)11(13)8-17/h6,9-11,17H,2-5,7-8,13H2,1H3. The van der Waals surface area contributed by atoms with E-state index in [0.29, 0.717) is 0 Å². The second-order valence-corrected chi connectivity index (χ2v) is 4.78. The zero-order chi connectivity index (χ0) is 13.0. The number of aromatic nitrogens is 2. The molecule has 0 radical (unpaired) electrons. The van der Waals surface area contributed by atoms with Gasteiger partial charge in [0.1, 0.15) is 0 Å². The first kappa shape index (κ1) is 13.5. The predicted molar refractivity (Wildman–Crippen MR) is 68.2 cm³/mol. The summed E-state index contributed by atoms with van der Waals surface area (Å²) in [6.45, 7) is 6.59. The molecule has 0 saturated carbocycles. The minimum absolute atomic E-state index is 0.0596. The van der Waals surface area contributed by atoms with Gasteiger partial charge in [-0.25, -0.2) is 4.98 Å². The van der Waals surface area contributed by atoms with E-state index in [0.717, 1.165) is 38.5 Å². The molecule has 1 aromatic heterocycles. The van der Waals surface area contributed by atoms with Crippen molar-refractivity contribution in [3.63, 3.8) is 0 Å². The van der Waals surface area contributed by atoms with Crippen LogP contribution in [0.15, 0.2) is 12.5 Å². The lowest BCUT2D eigenvalue weighted by Gasteiger charge is -2.30. The van der Waals surface area contributed by atoms with Gasteiger partial charge in [-0.1, -0.05) is 0 Å². The third kappa shape index (κ3) is 3.08. The molecule has 2 atom stereocenters. The van der Waals surface area contributed by atoms with Crippen molar-refractivity contribution in [2.24, 2.45) is 5.73 Å². The van der Waals surface area contributed by atoms with Gasteiger partial charge >= 0.3 is 0 Å². The molecule has 6 heteroatoms. The van der Waals surface area contributed by atoms with Gasteiger partial charge in [-0.2, -0.15) is 0 Å². The Balaban J connectivity index is 1.99. The van der Waals surface area contributed by atoms with Crippen molar-refractivity contribution in [2.45, 2.75) is 19.0 Å². The lowest BCUT2D eigenvalue weighted by Crippen LogP contribution is -2.39. The van der Waals surface area contributed by atoms with Gasteiger partial charge in [0.25, 0.3) is 0 Å². The van der Waals surface area contributed by atoms with Crippen LogP contribution in [0.1, 0.15) is 24.7 Å². The fraction of sp³-hybridized carbons (Fsp3) is 0.750. The van der Waals surface area contributed by atoms with Crippen LogP contribution in [0.5, 0.6) is 0 Å². The lowest BCUT2D eigenvalue weighted by molar-refractivity contribution is 0.0323. The second kappa shape index (κ2) is 6.29. The van der Waals surface area contributed by atoms with Gasteiger partial charge < -0.3 is 20.1 Å². The Labute approximate surface area is 107 Å². The topological polar surface area (TPSA) is 76.5 Å². The average molecular weight is 254 g/mol. The van der Waals surface area contributed by atoms with Crippen LogP contribution in [-0.4, -0.2) is 59.0 Å². The number of aliphatic hydroxyl groups excluding tert-OH is 1. The van der Waals surface area contributed by atoms with Gasteiger partial charge in [-0.15, -0.1) is 0 Å². The van der Waals surface area contributed by atoms with Crippen molar-refractivity contribution in [1.82, 2.24) is 14.5 Å². The Bertz CT molecular complexity index is 363. The highest BCUT2D eigenvalue weighted by atomic mass is 16.5. The molecule has 2 unspecified atom stereocenters. The molecular formula is C12H22N4O2. The smallest absolute Gasteiger partial charge is 0.0951 e. The van der Waals surface area contributed by atoms with Crippen molar-refractivity contribution in [1.29, 1.82) is 0 Å². The molecule has 1 fully saturated rings. The first-order valence-corrected chi connectivity index (χ1v) is 6.40. The van der Waals surface area contributed by atoms with E-state index in [2.05, 4.69) is 21.4 Å². The zero-order valence-electron chi connectivity index (χ0n) is 10.8. The summed E-state index contributed by atoms with van der Waals surface area (Å²) >= 11 is 0.